The maximum atomic E-state index is 13.0. The van der Waals surface area contributed by atoms with Crippen LogP contribution in [-0.2, 0) is 11.8 Å². The Morgan fingerprint density at radius 3 is 2.46 bits per heavy atom. The average molecular weight is 372 g/mol. The maximum Gasteiger partial charge on any atom is 0.337 e. The highest BCUT2D eigenvalue weighted by Gasteiger charge is 2.19. The van der Waals surface area contributed by atoms with E-state index in [0.29, 0.717) is 33.4 Å². The Hall–Kier alpha value is -4.05. The fourth-order valence-electron chi connectivity index (χ4n) is 3.46. The van der Waals surface area contributed by atoms with Gasteiger partial charge in [-0.05, 0) is 48.5 Å². The Morgan fingerprint density at radius 2 is 1.82 bits per heavy atom. The van der Waals surface area contributed by atoms with Gasteiger partial charge < -0.3 is 15.0 Å². The van der Waals surface area contributed by atoms with Crippen LogP contribution in [0.25, 0.3) is 27.6 Å². The van der Waals surface area contributed by atoms with E-state index < -0.39 is 11.5 Å². The minimum Gasteiger partial charge on any atom is -0.465 e. The molecule has 0 saturated carbocycles. The molecule has 4 rings (SSSR count). The first-order chi connectivity index (χ1) is 13.5. The summed E-state index contributed by atoms with van der Waals surface area (Å²) in [6.45, 7) is 0. The van der Waals surface area contributed by atoms with Crippen LogP contribution in [0.15, 0.2) is 53.3 Å². The number of anilines is 1. The fraction of sp³-hybridized carbons (Fsp3) is 0.0952. The van der Waals surface area contributed by atoms with Gasteiger partial charge in [0.2, 0.25) is 0 Å². The molecule has 0 fully saturated rings. The second-order valence-corrected chi connectivity index (χ2v) is 6.42. The van der Waals surface area contributed by atoms with Crippen molar-refractivity contribution in [2.24, 2.45) is 7.05 Å². The number of esters is 1. The van der Waals surface area contributed by atoms with Crippen LogP contribution in [0, 0.1) is 11.3 Å². The molecular weight excluding hydrogens is 356 g/mol. The lowest BCUT2D eigenvalue weighted by atomic mass is 10.1. The molecule has 0 radical (unpaired) electrons. The zero-order valence-corrected chi connectivity index (χ0v) is 15.3. The summed E-state index contributed by atoms with van der Waals surface area (Å²) in [7, 11) is 3.17. The van der Waals surface area contributed by atoms with Gasteiger partial charge in [0, 0.05) is 23.8 Å². The molecule has 0 aliphatic carbocycles. The summed E-state index contributed by atoms with van der Waals surface area (Å²) in [6, 6.07) is 15.5. The lowest BCUT2D eigenvalue weighted by Crippen LogP contribution is -2.21. The number of nitrogens with zero attached hydrogens (tertiary/aromatic N) is 3. The molecule has 2 aromatic carbocycles. The standard InChI is InChI=1S/C21H16N4O3/c1-24-17-8-3-12(21(27)28-2)9-16(17)19-18(24)10-13(11-22)20(26)25(19)15-6-4-14(23)5-7-15/h3-10H,23H2,1-2H3. The second kappa shape index (κ2) is 6.28. The monoisotopic (exact) mass is 372 g/mol. The van der Waals surface area contributed by atoms with Crippen molar-refractivity contribution < 1.29 is 9.53 Å². The van der Waals surface area contributed by atoms with Gasteiger partial charge in [0.05, 0.1) is 29.2 Å². The van der Waals surface area contributed by atoms with Crippen molar-refractivity contribution >= 4 is 33.6 Å². The quantitative estimate of drug-likeness (QED) is 0.430. The minimum atomic E-state index is -0.464. The molecule has 7 nitrogen and oxygen atoms in total. The third kappa shape index (κ3) is 2.43. The number of benzene rings is 2. The normalized spacial score (nSPS) is 10.9. The van der Waals surface area contributed by atoms with Crippen LogP contribution in [0.2, 0.25) is 0 Å². The minimum absolute atomic E-state index is 0.0309. The van der Waals surface area contributed by atoms with E-state index in [9.17, 15) is 14.9 Å². The largest absolute Gasteiger partial charge is 0.465 e. The summed E-state index contributed by atoms with van der Waals surface area (Å²) in [6.07, 6.45) is 0. The van der Waals surface area contributed by atoms with E-state index in [0.717, 1.165) is 5.52 Å². The van der Waals surface area contributed by atoms with Crippen molar-refractivity contribution in [3.63, 3.8) is 0 Å². The molecule has 4 aromatic rings. The molecule has 28 heavy (non-hydrogen) atoms. The zero-order chi connectivity index (χ0) is 20.0. The highest BCUT2D eigenvalue weighted by Crippen LogP contribution is 2.30. The average Bonchev–Trinajstić information content (AvgIpc) is 2.99. The zero-order valence-electron chi connectivity index (χ0n) is 15.3. The van der Waals surface area contributed by atoms with Crippen LogP contribution in [0.3, 0.4) is 0 Å². The van der Waals surface area contributed by atoms with Gasteiger partial charge in [0.1, 0.15) is 11.6 Å². The van der Waals surface area contributed by atoms with Crippen LogP contribution >= 0.6 is 0 Å². The summed E-state index contributed by atoms with van der Waals surface area (Å²) in [5.41, 5.74) is 9.03. The maximum absolute atomic E-state index is 13.0. The van der Waals surface area contributed by atoms with Crippen LogP contribution < -0.4 is 11.3 Å². The van der Waals surface area contributed by atoms with E-state index in [2.05, 4.69) is 0 Å². The highest BCUT2D eigenvalue weighted by atomic mass is 16.5. The third-order valence-corrected chi connectivity index (χ3v) is 4.85. The summed E-state index contributed by atoms with van der Waals surface area (Å²) < 4.78 is 8.19. The van der Waals surface area contributed by atoms with E-state index in [1.165, 1.54) is 11.7 Å². The van der Waals surface area contributed by atoms with Crippen molar-refractivity contribution in [1.29, 1.82) is 5.26 Å². The molecule has 0 amide bonds. The predicted octanol–water partition coefficient (Wildman–Crippen LogP) is 2.72. The molecule has 0 saturated heterocycles. The van der Waals surface area contributed by atoms with Crippen LogP contribution in [0.1, 0.15) is 15.9 Å². The van der Waals surface area contributed by atoms with Gasteiger partial charge in [-0.25, -0.2) is 4.79 Å². The highest BCUT2D eigenvalue weighted by molar-refractivity contribution is 6.09. The van der Waals surface area contributed by atoms with Crippen molar-refractivity contribution in [2.45, 2.75) is 0 Å². The predicted molar refractivity (Wildman–Crippen MR) is 106 cm³/mol. The van der Waals surface area contributed by atoms with E-state index in [4.69, 9.17) is 10.5 Å². The number of carbonyl (C=O) groups excluding carboxylic acids is 1. The molecule has 0 aliphatic rings. The Kier molecular flexibility index (Phi) is 3.90. The lowest BCUT2D eigenvalue weighted by molar-refractivity contribution is 0.0601. The number of hydrogen-bond acceptors (Lipinski definition) is 5. The van der Waals surface area contributed by atoms with Gasteiger partial charge in [-0.1, -0.05) is 0 Å². The second-order valence-electron chi connectivity index (χ2n) is 6.42. The Labute approximate surface area is 159 Å². The number of aryl methyl sites for hydroxylation is 1. The molecule has 0 atom stereocenters. The van der Waals surface area contributed by atoms with Crippen LogP contribution in [0.4, 0.5) is 5.69 Å². The Bertz CT molecular complexity index is 1360. The number of nitrogen functional groups attached to an aromatic ring is 1. The van der Waals surface area contributed by atoms with Crippen LogP contribution in [-0.4, -0.2) is 22.2 Å². The number of methoxy groups -OCH3 is 1. The summed E-state index contributed by atoms with van der Waals surface area (Å²) >= 11 is 0. The number of pyridine rings is 1. The van der Waals surface area contributed by atoms with Crippen LogP contribution in [0.5, 0.6) is 0 Å². The number of aromatic nitrogens is 2. The van der Waals surface area contributed by atoms with E-state index >= 15 is 0 Å². The van der Waals surface area contributed by atoms with Crippen molar-refractivity contribution in [2.75, 3.05) is 12.8 Å². The van der Waals surface area contributed by atoms with Gasteiger partial charge in [-0.15, -0.1) is 0 Å². The first-order valence-corrected chi connectivity index (χ1v) is 8.48. The molecule has 0 bridgehead atoms. The molecule has 0 spiro atoms. The Balaban J connectivity index is 2.22. The molecule has 2 aromatic heterocycles. The third-order valence-electron chi connectivity index (χ3n) is 4.85. The van der Waals surface area contributed by atoms with E-state index in [-0.39, 0.29) is 5.56 Å². The molecule has 7 heteroatoms. The molecule has 2 N–H and O–H groups in total. The van der Waals surface area contributed by atoms with Gasteiger partial charge in [-0.2, -0.15) is 5.26 Å². The van der Waals surface area contributed by atoms with Gasteiger partial charge >= 0.3 is 5.97 Å². The molecular formula is C21H16N4O3. The first kappa shape index (κ1) is 17.4. The van der Waals surface area contributed by atoms with Gasteiger partial charge in [0.15, 0.2) is 0 Å². The molecule has 2 heterocycles. The summed E-state index contributed by atoms with van der Waals surface area (Å²) in [5, 5.41) is 10.2. The number of nitrogens with two attached hydrogens (primary N) is 1. The molecule has 0 unspecified atom stereocenters. The number of ether oxygens (including phenoxy) is 1. The molecule has 138 valence electrons. The summed E-state index contributed by atoms with van der Waals surface area (Å²) in [4.78, 5) is 25.0. The van der Waals surface area contributed by atoms with Crippen molar-refractivity contribution in [3.8, 4) is 11.8 Å². The van der Waals surface area contributed by atoms with Crippen molar-refractivity contribution in [3.05, 3.63) is 70.0 Å². The number of hydrogen-bond donors (Lipinski definition) is 1. The lowest BCUT2D eigenvalue weighted by Gasteiger charge is -2.10. The SMILES string of the molecule is COC(=O)c1ccc2c(c1)c1c(cc(C#N)c(=O)n1-c1ccc(N)cc1)n2C. The molecule has 0 aliphatic heterocycles. The number of nitriles is 1. The smallest absolute Gasteiger partial charge is 0.337 e. The topological polar surface area (TPSA) is 103 Å². The number of carbonyl (C=O) groups is 1. The fourth-order valence-corrected chi connectivity index (χ4v) is 3.46. The summed E-state index contributed by atoms with van der Waals surface area (Å²) in [5.74, 6) is -0.464. The van der Waals surface area contributed by atoms with Crippen molar-refractivity contribution in [1.82, 2.24) is 9.13 Å². The Morgan fingerprint density at radius 1 is 1.11 bits per heavy atom. The van der Waals surface area contributed by atoms with E-state index in [1.54, 1.807) is 48.5 Å². The van der Waals surface area contributed by atoms with E-state index in [1.807, 2.05) is 17.7 Å². The number of fused-ring (bicyclic) bond motifs is 3. The van der Waals surface area contributed by atoms with Gasteiger partial charge in [-0.3, -0.25) is 9.36 Å². The first-order valence-electron chi connectivity index (χ1n) is 8.48. The number of rotatable bonds is 2. The van der Waals surface area contributed by atoms with Gasteiger partial charge in [0.25, 0.3) is 5.56 Å².